The molecule has 0 atom stereocenters. The van der Waals surface area contributed by atoms with Gasteiger partial charge in [-0.1, -0.05) is 62.5 Å². The third-order valence-electron chi connectivity index (χ3n) is 3.04. The van der Waals surface area contributed by atoms with Gasteiger partial charge in [-0.05, 0) is 35.6 Å². The zero-order valence-corrected chi connectivity index (χ0v) is 16.4. The van der Waals surface area contributed by atoms with Crippen molar-refractivity contribution >= 4 is 34.8 Å². The minimum atomic E-state index is 0.0211. The predicted molar refractivity (Wildman–Crippen MR) is 99.8 cm³/mol. The lowest BCUT2D eigenvalue weighted by atomic mass is 10.1. The largest absolute Gasteiger partial charge is 0.434 e. The Morgan fingerprint density at radius 3 is 2.12 bits per heavy atom. The number of hydrogen-bond acceptors (Lipinski definition) is 4. The van der Waals surface area contributed by atoms with Crippen LogP contribution < -0.4 is 4.74 Å². The smallest absolute Gasteiger partial charge is 0.239 e. The zero-order chi connectivity index (χ0) is 18.3. The molecule has 0 spiro atoms. The van der Waals surface area contributed by atoms with E-state index in [4.69, 9.17) is 44.6 Å². The van der Waals surface area contributed by atoms with E-state index in [0.29, 0.717) is 27.4 Å². The second-order valence-electron chi connectivity index (χ2n) is 5.05. The van der Waals surface area contributed by atoms with Crippen molar-refractivity contribution in [1.29, 1.82) is 0 Å². The Balaban J connectivity index is 0.00000139. The molecule has 2 aromatic rings. The maximum Gasteiger partial charge on any atom is 0.239 e. The summed E-state index contributed by atoms with van der Waals surface area (Å²) < 4.78 is 5.66. The average molecular weight is 392 g/mol. The van der Waals surface area contributed by atoms with Crippen LogP contribution in [0.4, 0.5) is 0 Å². The van der Waals surface area contributed by atoms with Gasteiger partial charge < -0.3 is 9.84 Å². The van der Waals surface area contributed by atoms with E-state index in [0.717, 1.165) is 11.1 Å². The van der Waals surface area contributed by atoms with E-state index < -0.39 is 0 Å². The SMILES string of the molecule is CC.CC(C)c1cc(Oc2c(Cl)cc(CCO)cc2Cl)nnc1Cl. The standard InChI is InChI=1S/C15H15Cl3N2O2.C2H6/c1-8(2)10-7-13(19-20-15(10)18)22-14-11(16)5-9(3-4-21)6-12(14)17;1-2/h5-8,21H,3-4H2,1-2H3;1-2H3. The number of nitrogens with zero attached hydrogens (tertiary/aromatic N) is 2. The highest BCUT2D eigenvalue weighted by Gasteiger charge is 2.14. The zero-order valence-electron chi connectivity index (χ0n) is 14.1. The molecule has 0 saturated carbocycles. The van der Waals surface area contributed by atoms with Crippen LogP contribution >= 0.6 is 34.8 Å². The normalized spacial score (nSPS) is 10.4. The minimum Gasteiger partial charge on any atom is -0.434 e. The molecule has 0 fully saturated rings. The van der Waals surface area contributed by atoms with E-state index in [1.165, 1.54) is 0 Å². The Morgan fingerprint density at radius 1 is 1.04 bits per heavy atom. The van der Waals surface area contributed by atoms with Gasteiger partial charge in [0.15, 0.2) is 10.9 Å². The molecule has 7 heteroatoms. The lowest BCUT2D eigenvalue weighted by Crippen LogP contribution is -1.98. The molecule has 2 rings (SSSR count). The van der Waals surface area contributed by atoms with Gasteiger partial charge in [-0.3, -0.25) is 0 Å². The summed E-state index contributed by atoms with van der Waals surface area (Å²) in [6.07, 6.45) is 0.470. The molecule has 0 bridgehead atoms. The molecule has 0 unspecified atom stereocenters. The first-order chi connectivity index (χ1) is 11.4. The summed E-state index contributed by atoms with van der Waals surface area (Å²) >= 11 is 18.4. The van der Waals surface area contributed by atoms with E-state index in [-0.39, 0.29) is 18.4 Å². The van der Waals surface area contributed by atoms with Crippen LogP contribution in [0.15, 0.2) is 18.2 Å². The molecule has 0 amide bonds. The predicted octanol–water partition coefficient (Wildman–Crippen LogP) is 5.91. The number of benzene rings is 1. The quantitative estimate of drug-likeness (QED) is 0.688. The molecule has 0 aliphatic rings. The first-order valence-corrected chi connectivity index (χ1v) is 8.85. The maximum atomic E-state index is 8.97. The molecule has 1 aromatic heterocycles. The van der Waals surface area contributed by atoms with Gasteiger partial charge in [0.2, 0.25) is 5.88 Å². The molecular formula is C17H21Cl3N2O2. The van der Waals surface area contributed by atoms with Gasteiger partial charge in [0, 0.05) is 12.7 Å². The molecule has 0 radical (unpaired) electrons. The molecule has 132 valence electrons. The van der Waals surface area contributed by atoms with Crippen molar-refractivity contribution < 1.29 is 9.84 Å². The third kappa shape index (κ3) is 5.49. The van der Waals surface area contributed by atoms with Gasteiger partial charge in [0.25, 0.3) is 0 Å². The topological polar surface area (TPSA) is 55.2 Å². The highest BCUT2D eigenvalue weighted by molar-refractivity contribution is 6.37. The first kappa shape index (κ1) is 21.0. The van der Waals surface area contributed by atoms with Gasteiger partial charge in [-0.2, -0.15) is 0 Å². The van der Waals surface area contributed by atoms with Crippen LogP contribution in [-0.2, 0) is 6.42 Å². The van der Waals surface area contributed by atoms with Crippen LogP contribution in [0.5, 0.6) is 11.6 Å². The van der Waals surface area contributed by atoms with Crippen LogP contribution in [-0.4, -0.2) is 21.9 Å². The third-order valence-corrected chi connectivity index (χ3v) is 3.90. The van der Waals surface area contributed by atoms with Gasteiger partial charge >= 0.3 is 0 Å². The fourth-order valence-corrected chi connectivity index (χ4v) is 2.83. The summed E-state index contributed by atoms with van der Waals surface area (Å²) in [6.45, 7) is 8.01. The number of hydrogen-bond donors (Lipinski definition) is 1. The van der Waals surface area contributed by atoms with E-state index in [1.54, 1.807) is 18.2 Å². The van der Waals surface area contributed by atoms with E-state index in [9.17, 15) is 0 Å². The molecule has 1 heterocycles. The van der Waals surface area contributed by atoms with Gasteiger partial charge in [0.05, 0.1) is 10.0 Å². The number of aromatic nitrogens is 2. The summed E-state index contributed by atoms with van der Waals surface area (Å²) in [5.41, 5.74) is 1.66. The average Bonchev–Trinajstić information content (AvgIpc) is 2.54. The lowest BCUT2D eigenvalue weighted by molar-refractivity contribution is 0.299. The Labute approximate surface area is 157 Å². The molecule has 1 aromatic carbocycles. The summed E-state index contributed by atoms with van der Waals surface area (Å²) in [5.74, 6) is 0.756. The highest BCUT2D eigenvalue weighted by Crippen LogP contribution is 2.37. The highest BCUT2D eigenvalue weighted by atomic mass is 35.5. The number of aliphatic hydroxyl groups is 1. The lowest BCUT2D eigenvalue weighted by Gasteiger charge is -2.12. The van der Waals surface area contributed by atoms with Crippen LogP contribution in [0.2, 0.25) is 15.2 Å². The Morgan fingerprint density at radius 2 is 1.62 bits per heavy atom. The van der Waals surface area contributed by atoms with E-state index in [2.05, 4.69) is 10.2 Å². The molecule has 4 nitrogen and oxygen atoms in total. The van der Waals surface area contributed by atoms with Crippen molar-refractivity contribution in [2.24, 2.45) is 0 Å². The van der Waals surface area contributed by atoms with Crippen LogP contribution in [0.1, 0.15) is 44.7 Å². The van der Waals surface area contributed by atoms with Gasteiger partial charge in [0.1, 0.15) is 0 Å². The van der Waals surface area contributed by atoms with Crippen molar-refractivity contribution in [3.63, 3.8) is 0 Å². The summed E-state index contributed by atoms with van der Waals surface area (Å²) in [6, 6.07) is 5.12. The number of rotatable bonds is 5. The summed E-state index contributed by atoms with van der Waals surface area (Å²) in [4.78, 5) is 0. The number of ether oxygens (including phenoxy) is 1. The monoisotopic (exact) mass is 390 g/mol. The van der Waals surface area contributed by atoms with Gasteiger partial charge in [-0.15, -0.1) is 10.2 Å². The second-order valence-corrected chi connectivity index (χ2v) is 6.22. The molecule has 24 heavy (non-hydrogen) atoms. The molecule has 0 aliphatic heterocycles. The Hall–Kier alpha value is -1.07. The summed E-state index contributed by atoms with van der Waals surface area (Å²) in [7, 11) is 0. The Kier molecular flexibility index (Phi) is 8.78. The fourth-order valence-electron chi connectivity index (χ4n) is 1.91. The van der Waals surface area contributed by atoms with Crippen molar-refractivity contribution in [3.05, 3.63) is 44.5 Å². The minimum absolute atomic E-state index is 0.0211. The van der Waals surface area contributed by atoms with Crippen LogP contribution in [0, 0.1) is 0 Å². The van der Waals surface area contributed by atoms with Gasteiger partial charge in [-0.25, -0.2) is 0 Å². The molecule has 0 saturated heterocycles. The van der Waals surface area contributed by atoms with E-state index in [1.807, 2.05) is 27.7 Å². The van der Waals surface area contributed by atoms with Crippen molar-refractivity contribution in [1.82, 2.24) is 10.2 Å². The number of halogens is 3. The molecular weight excluding hydrogens is 371 g/mol. The first-order valence-electron chi connectivity index (χ1n) is 7.72. The molecule has 1 N–H and O–H groups in total. The Bertz CT molecular complexity index is 656. The fraction of sp³-hybridized carbons (Fsp3) is 0.412. The van der Waals surface area contributed by atoms with Crippen molar-refractivity contribution in [2.75, 3.05) is 6.61 Å². The van der Waals surface area contributed by atoms with Crippen LogP contribution in [0.25, 0.3) is 0 Å². The van der Waals surface area contributed by atoms with E-state index >= 15 is 0 Å². The second kappa shape index (κ2) is 10.0. The van der Waals surface area contributed by atoms with Crippen LogP contribution in [0.3, 0.4) is 0 Å². The number of aliphatic hydroxyl groups excluding tert-OH is 1. The summed E-state index contributed by atoms with van der Waals surface area (Å²) in [5, 5.41) is 17.8. The van der Waals surface area contributed by atoms with Crippen molar-refractivity contribution in [3.8, 4) is 11.6 Å². The maximum absolute atomic E-state index is 8.97. The van der Waals surface area contributed by atoms with Crippen molar-refractivity contribution in [2.45, 2.75) is 40.0 Å². The molecule has 0 aliphatic carbocycles.